The zero-order valence-corrected chi connectivity index (χ0v) is 13.7. The molecular formula is C10H11Br2F2NO3S. The number of aryl methyl sites for hydroxylation is 1. The second kappa shape index (κ2) is 6.57. The number of nitrogens with one attached hydrogen (secondary N) is 1. The molecule has 1 atom stereocenters. The van der Waals surface area contributed by atoms with Crippen LogP contribution in [0.2, 0.25) is 0 Å². The highest BCUT2D eigenvalue weighted by Gasteiger charge is 2.23. The summed E-state index contributed by atoms with van der Waals surface area (Å²) < 4.78 is 50.9. The Morgan fingerprint density at radius 2 is 1.89 bits per heavy atom. The van der Waals surface area contributed by atoms with Crippen LogP contribution in [0.4, 0.5) is 8.78 Å². The molecule has 108 valence electrons. The molecule has 0 amide bonds. The number of hydrogen-bond acceptors (Lipinski definition) is 3. The molecule has 9 heteroatoms. The molecule has 0 saturated carbocycles. The number of alkyl halides is 2. The average molecular weight is 423 g/mol. The summed E-state index contributed by atoms with van der Waals surface area (Å²) in [5.41, 5.74) is 0.818. The van der Waals surface area contributed by atoms with Gasteiger partial charge in [-0.05, 0) is 40.5 Å². The molecule has 1 aromatic carbocycles. The van der Waals surface area contributed by atoms with Gasteiger partial charge in [-0.1, -0.05) is 15.9 Å². The fourth-order valence-corrected chi connectivity index (χ4v) is 3.92. The van der Waals surface area contributed by atoms with Gasteiger partial charge in [0.15, 0.2) is 0 Å². The second-order valence-electron chi connectivity index (χ2n) is 3.79. The molecule has 1 unspecified atom stereocenters. The molecule has 0 heterocycles. The number of rotatable bonds is 5. The molecule has 1 aromatic rings. The molecule has 19 heavy (non-hydrogen) atoms. The highest BCUT2D eigenvalue weighted by Crippen LogP contribution is 2.28. The topological polar surface area (TPSA) is 66.4 Å². The summed E-state index contributed by atoms with van der Waals surface area (Å²) in [6.45, 7) is 1.02. The van der Waals surface area contributed by atoms with Crippen molar-refractivity contribution in [3.05, 3.63) is 26.6 Å². The lowest BCUT2D eigenvalue weighted by Crippen LogP contribution is -2.36. The van der Waals surface area contributed by atoms with Crippen LogP contribution in [0.15, 0.2) is 26.0 Å². The average Bonchev–Trinajstić information content (AvgIpc) is 2.30. The number of aliphatic hydroxyl groups is 1. The van der Waals surface area contributed by atoms with Crippen LogP contribution in [-0.2, 0) is 10.0 Å². The zero-order valence-electron chi connectivity index (χ0n) is 9.70. The van der Waals surface area contributed by atoms with Gasteiger partial charge in [0, 0.05) is 15.5 Å². The van der Waals surface area contributed by atoms with Gasteiger partial charge in [0.25, 0.3) is 6.43 Å². The Morgan fingerprint density at radius 3 is 2.42 bits per heavy atom. The van der Waals surface area contributed by atoms with E-state index in [1.54, 1.807) is 13.0 Å². The summed E-state index contributed by atoms with van der Waals surface area (Å²) in [4.78, 5) is -0.0913. The monoisotopic (exact) mass is 421 g/mol. The van der Waals surface area contributed by atoms with Gasteiger partial charge in [-0.15, -0.1) is 0 Å². The fourth-order valence-electron chi connectivity index (χ4n) is 1.20. The molecule has 0 saturated heterocycles. The first-order valence-corrected chi connectivity index (χ1v) is 8.13. The fraction of sp³-hybridized carbons (Fsp3) is 0.400. The molecule has 0 radical (unpaired) electrons. The first-order chi connectivity index (χ1) is 8.65. The Bertz CT molecular complexity index is 566. The third kappa shape index (κ3) is 4.45. The van der Waals surface area contributed by atoms with Crippen LogP contribution >= 0.6 is 31.9 Å². The summed E-state index contributed by atoms with van der Waals surface area (Å²) in [6.07, 6.45) is -5.04. The highest BCUT2D eigenvalue weighted by atomic mass is 79.9. The standard InChI is InChI=1S/C10H11Br2F2NO3S/c1-5-2-7(12)9(3-6(5)11)19(17,18)15-4-8(16)10(13)14/h2-3,8,10,15-16H,4H2,1H3. The minimum absolute atomic E-state index is 0.0913. The number of benzene rings is 1. The normalized spacial score (nSPS) is 13.8. The quantitative estimate of drug-likeness (QED) is 0.765. The SMILES string of the molecule is Cc1cc(Br)c(S(=O)(=O)NCC(O)C(F)F)cc1Br. The molecule has 0 aliphatic heterocycles. The maximum Gasteiger partial charge on any atom is 0.265 e. The molecule has 0 spiro atoms. The van der Waals surface area contributed by atoms with Gasteiger partial charge in [0.05, 0.1) is 4.90 Å². The zero-order chi connectivity index (χ0) is 14.8. The van der Waals surface area contributed by atoms with Crippen molar-refractivity contribution in [2.24, 2.45) is 0 Å². The smallest absolute Gasteiger partial charge is 0.265 e. The van der Waals surface area contributed by atoms with Crippen molar-refractivity contribution in [2.75, 3.05) is 6.54 Å². The van der Waals surface area contributed by atoms with Crippen molar-refractivity contribution in [2.45, 2.75) is 24.3 Å². The maximum atomic E-state index is 12.1. The van der Waals surface area contributed by atoms with E-state index >= 15 is 0 Å². The number of hydrogen-bond donors (Lipinski definition) is 2. The molecule has 0 aromatic heterocycles. The van der Waals surface area contributed by atoms with E-state index in [1.165, 1.54) is 6.07 Å². The van der Waals surface area contributed by atoms with Crippen molar-refractivity contribution in [1.82, 2.24) is 4.72 Å². The van der Waals surface area contributed by atoms with Crippen molar-refractivity contribution in [3.63, 3.8) is 0 Å². The van der Waals surface area contributed by atoms with E-state index < -0.39 is 29.1 Å². The lowest BCUT2D eigenvalue weighted by atomic mass is 10.2. The van der Waals surface area contributed by atoms with Gasteiger partial charge in [-0.2, -0.15) is 0 Å². The Labute approximate surface area is 126 Å². The summed E-state index contributed by atoms with van der Waals surface area (Å²) >= 11 is 6.30. The third-order valence-corrected chi connectivity index (χ3v) is 5.51. The number of halogens is 4. The first-order valence-electron chi connectivity index (χ1n) is 5.06. The number of aliphatic hydroxyl groups excluding tert-OH is 1. The highest BCUT2D eigenvalue weighted by molar-refractivity contribution is 9.11. The molecular weight excluding hydrogens is 412 g/mol. The van der Waals surface area contributed by atoms with Crippen molar-refractivity contribution < 1.29 is 22.3 Å². The molecule has 0 fully saturated rings. The molecule has 0 aliphatic rings. The molecule has 0 aliphatic carbocycles. The summed E-state index contributed by atoms with van der Waals surface area (Å²) in [5, 5.41) is 8.91. The van der Waals surface area contributed by atoms with E-state index in [1.807, 2.05) is 4.72 Å². The Balaban J connectivity index is 2.98. The lowest BCUT2D eigenvalue weighted by molar-refractivity contribution is -0.000452. The lowest BCUT2D eigenvalue weighted by Gasteiger charge is -2.13. The van der Waals surface area contributed by atoms with Gasteiger partial charge in [-0.25, -0.2) is 21.9 Å². The molecule has 4 nitrogen and oxygen atoms in total. The minimum atomic E-state index is -3.98. The third-order valence-electron chi connectivity index (χ3n) is 2.28. The Morgan fingerprint density at radius 1 is 1.32 bits per heavy atom. The predicted molar refractivity (Wildman–Crippen MR) is 73.8 cm³/mol. The van der Waals surface area contributed by atoms with Crippen molar-refractivity contribution >= 4 is 41.9 Å². The largest absolute Gasteiger partial charge is 0.386 e. The molecule has 0 bridgehead atoms. The predicted octanol–water partition coefficient (Wildman–Crippen LogP) is 2.42. The van der Waals surface area contributed by atoms with Gasteiger partial charge < -0.3 is 5.11 Å². The van der Waals surface area contributed by atoms with Crippen LogP contribution < -0.4 is 4.72 Å². The van der Waals surface area contributed by atoms with E-state index in [0.29, 0.717) is 8.95 Å². The van der Waals surface area contributed by atoms with Gasteiger partial charge in [0.2, 0.25) is 10.0 Å². The van der Waals surface area contributed by atoms with E-state index in [9.17, 15) is 17.2 Å². The van der Waals surface area contributed by atoms with Crippen LogP contribution in [0.3, 0.4) is 0 Å². The van der Waals surface area contributed by atoms with Crippen molar-refractivity contribution in [3.8, 4) is 0 Å². The first kappa shape index (κ1) is 17.0. The second-order valence-corrected chi connectivity index (χ2v) is 7.23. The van der Waals surface area contributed by atoms with Crippen LogP contribution in [0.1, 0.15) is 5.56 Å². The van der Waals surface area contributed by atoms with Crippen LogP contribution in [0, 0.1) is 6.92 Å². The van der Waals surface area contributed by atoms with E-state index in [4.69, 9.17) is 5.11 Å². The van der Waals surface area contributed by atoms with Crippen LogP contribution in [-0.4, -0.2) is 32.6 Å². The summed E-state index contributed by atoms with van der Waals surface area (Å²) in [6, 6.07) is 2.94. The van der Waals surface area contributed by atoms with Crippen molar-refractivity contribution in [1.29, 1.82) is 0 Å². The Hall–Kier alpha value is -0.0900. The van der Waals surface area contributed by atoms with E-state index in [2.05, 4.69) is 31.9 Å². The summed E-state index contributed by atoms with van der Waals surface area (Å²) in [7, 11) is -3.98. The van der Waals surface area contributed by atoms with E-state index in [0.717, 1.165) is 5.56 Å². The number of sulfonamides is 1. The Kier molecular flexibility index (Phi) is 5.87. The van der Waals surface area contributed by atoms with Crippen LogP contribution in [0.5, 0.6) is 0 Å². The summed E-state index contributed by atoms with van der Waals surface area (Å²) in [5.74, 6) is 0. The van der Waals surface area contributed by atoms with Crippen LogP contribution in [0.25, 0.3) is 0 Å². The van der Waals surface area contributed by atoms with Gasteiger partial charge in [-0.3, -0.25) is 0 Å². The van der Waals surface area contributed by atoms with Gasteiger partial charge >= 0.3 is 0 Å². The van der Waals surface area contributed by atoms with Gasteiger partial charge in [0.1, 0.15) is 6.10 Å². The maximum absolute atomic E-state index is 12.1. The van der Waals surface area contributed by atoms with E-state index in [-0.39, 0.29) is 4.90 Å². The molecule has 2 N–H and O–H groups in total. The molecule has 1 rings (SSSR count). The minimum Gasteiger partial charge on any atom is -0.386 e.